The van der Waals surface area contributed by atoms with Gasteiger partial charge in [0, 0.05) is 30.3 Å². The van der Waals surface area contributed by atoms with Crippen molar-refractivity contribution in [1.29, 1.82) is 0 Å². The van der Waals surface area contributed by atoms with Gasteiger partial charge in [-0.1, -0.05) is 51.1 Å². The third kappa shape index (κ3) is 6.20. The van der Waals surface area contributed by atoms with Crippen molar-refractivity contribution < 1.29 is 37.3 Å². The van der Waals surface area contributed by atoms with Crippen LogP contribution in [0, 0.1) is 11.3 Å². The molecule has 38 heavy (non-hydrogen) atoms. The number of hydrogen-bond donors (Lipinski definition) is 2. The van der Waals surface area contributed by atoms with E-state index in [1.807, 2.05) is 20.8 Å². The number of rotatable bonds is 7. The molecule has 0 bridgehead atoms. The minimum atomic E-state index is -4.60. The molecule has 0 unspecified atom stereocenters. The standard InChI is InChI=1S/C27H34F3N3O5/c1-15(2)38-25(36)33-21(16-10-8-7-9-11-16)20(19(26(3,4)5)22(33)24(34)35)31-13-17-12-18(27(28,29)30)14-32-23(17)37-6/h7-12,14-15,19-22,31H,13H2,1-6H3,(H,34,35)/t19-,20-,21-,22-/m0/s1. The van der Waals surface area contributed by atoms with Crippen LogP contribution >= 0.6 is 0 Å². The Balaban J connectivity index is 2.14. The first-order chi connectivity index (χ1) is 17.7. The van der Waals surface area contributed by atoms with E-state index >= 15 is 0 Å². The Morgan fingerprint density at radius 1 is 1.16 bits per heavy atom. The van der Waals surface area contributed by atoms with E-state index in [0.29, 0.717) is 11.8 Å². The summed E-state index contributed by atoms with van der Waals surface area (Å²) >= 11 is 0. The molecular weight excluding hydrogens is 503 g/mol. The number of nitrogens with one attached hydrogen (secondary N) is 1. The topological polar surface area (TPSA) is 101 Å². The zero-order valence-electron chi connectivity index (χ0n) is 22.2. The zero-order valence-corrected chi connectivity index (χ0v) is 22.2. The van der Waals surface area contributed by atoms with E-state index in [9.17, 15) is 27.9 Å². The molecule has 1 fully saturated rings. The monoisotopic (exact) mass is 537 g/mol. The van der Waals surface area contributed by atoms with Crippen LogP contribution in [0.2, 0.25) is 0 Å². The molecule has 0 saturated carbocycles. The summed E-state index contributed by atoms with van der Waals surface area (Å²) in [5.41, 5.74) is -0.745. The number of carboxylic acid groups (broad SMARTS) is 1. The van der Waals surface area contributed by atoms with Gasteiger partial charge in [-0.25, -0.2) is 14.6 Å². The van der Waals surface area contributed by atoms with Crippen molar-refractivity contribution in [3.63, 3.8) is 0 Å². The number of ether oxygens (including phenoxy) is 2. The largest absolute Gasteiger partial charge is 0.481 e. The fraction of sp³-hybridized carbons (Fsp3) is 0.519. The smallest absolute Gasteiger partial charge is 0.417 e. The van der Waals surface area contributed by atoms with Crippen molar-refractivity contribution in [2.75, 3.05) is 7.11 Å². The lowest BCUT2D eigenvalue weighted by atomic mass is 9.72. The first-order valence-electron chi connectivity index (χ1n) is 12.3. The maximum atomic E-state index is 13.4. The summed E-state index contributed by atoms with van der Waals surface area (Å²) in [5, 5.41) is 13.6. The first-order valence-corrected chi connectivity index (χ1v) is 12.3. The van der Waals surface area contributed by atoms with Gasteiger partial charge in [0.2, 0.25) is 5.88 Å². The van der Waals surface area contributed by atoms with Crippen LogP contribution in [0.15, 0.2) is 42.6 Å². The molecule has 2 heterocycles. The van der Waals surface area contributed by atoms with Crippen LogP contribution in [0.1, 0.15) is 57.4 Å². The van der Waals surface area contributed by atoms with Gasteiger partial charge in [0.1, 0.15) is 6.04 Å². The second-order valence-electron chi connectivity index (χ2n) is 10.7. The SMILES string of the molecule is COc1ncc(C(F)(F)F)cc1CN[C@H]1[C@H](C(C)(C)C)[C@@H](C(=O)O)N(C(=O)OC(C)C)[C@H]1c1ccccc1. The number of benzene rings is 1. The summed E-state index contributed by atoms with van der Waals surface area (Å²) in [7, 11) is 1.31. The highest BCUT2D eigenvalue weighted by Gasteiger charge is 2.58. The van der Waals surface area contributed by atoms with Crippen molar-refractivity contribution in [2.24, 2.45) is 11.3 Å². The number of methoxy groups -OCH3 is 1. The number of hydrogen-bond acceptors (Lipinski definition) is 6. The van der Waals surface area contributed by atoms with E-state index in [1.54, 1.807) is 44.2 Å². The van der Waals surface area contributed by atoms with Crippen LogP contribution in [0.4, 0.5) is 18.0 Å². The third-order valence-electron chi connectivity index (χ3n) is 6.58. The minimum Gasteiger partial charge on any atom is -0.481 e. The van der Waals surface area contributed by atoms with Crippen LogP contribution in [-0.4, -0.2) is 52.4 Å². The van der Waals surface area contributed by atoms with Gasteiger partial charge >= 0.3 is 18.2 Å². The number of amides is 1. The first kappa shape index (κ1) is 29.2. The Morgan fingerprint density at radius 3 is 2.29 bits per heavy atom. The number of carbonyl (C=O) groups is 2. The number of nitrogens with zero attached hydrogens (tertiary/aromatic N) is 2. The third-order valence-corrected chi connectivity index (χ3v) is 6.58. The molecule has 1 saturated heterocycles. The molecule has 208 valence electrons. The van der Waals surface area contributed by atoms with Gasteiger partial charge in [-0.2, -0.15) is 13.2 Å². The summed E-state index contributed by atoms with van der Waals surface area (Å²) in [4.78, 5) is 31.1. The van der Waals surface area contributed by atoms with Crippen molar-refractivity contribution >= 4 is 12.1 Å². The Hall–Kier alpha value is -3.34. The zero-order chi connectivity index (χ0) is 28.4. The molecule has 0 aliphatic carbocycles. The fourth-order valence-corrected chi connectivity index (χ4v) is 5.13. The maximum absolute atomic E-state index is 13.4. The van der Waals surface area contributed by atoms with Crippen LogP contribution in [-0.2, 0) is 22.3 Å². The van der Waals surface area contributed by atoms with Gasteiger partial charge in [-0.3, -0.25) is 4.90 Å². The van der Waals surface area contributed by atoms with Crippen molar-refractivity contribution in [3.8, 4) is 5.88 Å². The number of carbonyl (C=O) groups excluding carboxylic acids is 1. The van der Waals surface area contributed by atoms with Crippen molar-refractivity contribution in [2.45, 2.75) is 71.6 Å². The molecule has 8 nitrogen and oxygen atoms in total. The summed E-state index contributed by atoms with van der Waals surface area (Å²) in [6.07, 6.45) is -5.17. The Bertz CT molecular complexity index is 1140. The highest BCUT2D eigenvalue weighted by molar-refractivity contribution is 5.82. The van der Waals surface area contributed by atoms with Crippen LogP contribution in [0.5, 0.6) is 5.88 Å². The predicted molar refractivity (Wildman–Crippen MR) is 133 cm³/mol. The number of likely N-dealkylation sites (tertiary alicyclic amines) is 1. The molecular formula is C27H34F3N3O5. The number of alkyl halides is 3. The highest BCUT2D eigenvalue weighted by atomic mass is 19.4. The normalized spacial score (nSPS) is 22.0. The van der Waals surface area contributed by atoms with E-state index in [1.165, 1.54) is 12.0 Å². The summed E-state index contributed by atoms with van der Waals surface area (Å²) in [5.74, 6) is -1.83. The molecule has 2 aromatic rings. The van der Waals surface area contributed by atoms with E-state index in [4.69, 9.17) is 9.47 Å². The van der Waals surface area contributed by atoms with Gasteiger partial charge in [-0.15, -0.1) is 0 Å². The van der Waals surface area contributed by atoms with Crippen LogP contribution in [0.3, 0.4) is 0 Å². The van der Waals surface area contributed by atoms with Gasteiger partial charge in [-0.05, 0) is 30.9 Å². The number of aliphatic carboxylic acids is 1. The lowest BCUT2D eigenvalue weighted by Crippen LogP contribution is -2.48. The summed E-state index contributed by atoms with van der Waals surface area (Å²) in [6.45, 7) is 8.84. The predicted octanol–water partition coefficient (Wildman–Crippen LogP) is 5.28. The molecule has 2 N–H and O–H groups in total. The molecule has 1 amide bonds. The molecule has 1 aromatic carbocycles. The number of pyridine rings is 1. The number of halogens is 3. The number of carboxylic acids is 1. The van der Waals surface area contributed by atoms with E-state index in [2.05, 4.69) is 10.3 Å². The minimum absolute atomic E-state index is 0.0120. The Labute approximate surface area is 220 Å². The molecule has 3 rings (SSSR count). The second kappa shape index (κ2) is 11.2. The van der Waals surface area contributed by atoms with Crippen molar-refractivity contribution in [3.05, 3.63) is 59.3 Å². The number of aromatic nitrogens is 1. The summed E-state index contributed by atoms with van der Waals surface area (Å²) < 4.78 is 50.9. The van der Waals surface area contributed by atoms with E-state index < -0.39 is 59.4 Å². The van der Waals surface area contributed by atoms with E-state index in [-0.39, 0.29) is 18.0 Å². The molecule has 1 aliphatic rings. The quantitative estimate of drug-likeness (QED) is 0.495. The van der Waals surface area contributed by atoms with Crippen LogP contribution < -0.4 is 10.1 Å². The lowest BCUT2D eigenvalue weighted by Gasteiger charge is -2.35. The molecule has 1 aliphatic heterocycles. The molecule has 1 aromatic heterocycles. The Morgan fingerprint density at radius 2 is 1.79 bits per heavy atom. The summed E-state index contributed by atoms with van der Waals surface area (Å²) in [6, 6.07) is 7.16. The average molecular weight is 538 g/mol. The van der Waals surface area contributed by atoms with E-state index in [0.717, 1.165) is 6.07 Å². The molecule has 0 radical (unpaired) electrons. The average Bonchev–Trinajstić information content (AvgIpc) is 3.18. The highest BCUT2D eigenvalue weighted by Crippen LogP contribution is 2.48. The van der Waals surface area contributed by atoms with Crippen molar-refractivity contribution in [1.82, 2.24) is 15.2 Å². The second-order valence-corrected chi connectivity index (χ2v) is 10.7. The van der Waals surface area contributed by atoms with Gasteiger partial charge in [0.05, 0.1) is 24.8 Å². The molecule has 11 heteroatoms. The van der Waals surface area contributed by atoms with Gasteiger partial charge in [0.25, 0.3) is 0 Å². The van der Waals surface area contributed by atoms with Gasteiger partial charge in [0.15, 0.2) is 0 Å². The maximum Gasteiger partial charge on any atom is 0.417 e. The molecule has 4 atom stereocenters. The fourth-order valence-electron chi connectivity index (χ4n) is 5.13. The Kier molecular flexibility index (Phi) is 8.60. The molecule has 0 spiro atoms. The van der Waals surface area contributed by atoms with Crippen LogP contribution in [0.25, 0.3) is 0 Å². The van der Waals surface area contributed by atoms with Gasteiger partial charge < -0.3 is 19.9 Å². The lowest BCUT2D eigenvalue weighted by molar-refractivity contribution is -0.145.